The average Bonchev–Trinajstić information content (AvgIpc) is 2.83. The van der Waals surface area contributed by atoms with Crippen molar-refractivity contribution in [1.29, 1.82) is 0 Å². The Kier molecular flexibility index (Phi) is 4.96. The number of hydrogen-bond donors (Lipinski definition) is 2. The first-order valence-electron chi connectivity index (χ1n) is 9.27. The number of aromatic carboxylic acids is 1. The molecule has 1 aliphatic heterocycles. The van der Waals surface area contributed by atoms with Gasteiger partial charge in [0.15, 0.2) is 5.82 Å². The van der Waals surface area contributed by atoms with E-state index in [0.717, 1.165) is 6.07 Å². The first-order valence-corrected chi connectivity index (χ1v) is 9.27. The molecule has 0 saturated carbocycles. The summed E-state index contributed by atoms with van der Waals surface area (Å²) in [5, 5.41) is 11.7. The van der Waals surface area contributed by atoms with Crippen molar-refractivity contribution in [2.45, 2.75) is 6.18 Å². The molecule has 0 spiro atoms. The number of benzene rings is 2. The molecular weight excluding hydrogens is 427 g/mol. The second kappa shape index (κ2) is 7.52. The number of carbonyl (C=O) groups excluding carboxylic acids is 1. The van der Waals surface area contributed by atoms with Gasteiger partial charge in [-0.05, 0) is 30.3 Å². The largest absolute Gasteiger partial charge is 0.478 e. The maximum atomic E-state index is 13.3. The number of amides is 1. The molecule has 2 aromatic carbocycles. The molecule has 3 aromatic rings. The molecule has 0 unspecified atom stereocenters. The predicted molar refractivity (Wildman–Crippen MR) is 111 cm³/mol. The number of carboxylic acids is 1. The number of carbonyl (C=O) groups is 2. The lowest BCUT2D eigenvalue weighted by Gasteiger charge is -2.21. The highest BCUT2D eigenvalue weighted by atomic mass is 19.4. The summed E-state index contributed by atoms with van der Waals surface area (Å²) in [6, 6.07) is 9.71. The molecule has 4 rings (SSSR count). The highest BCUT2D eigenvalue weighted by Gasteiger charge is 2.36. The number of halogens is 3. The SMILES string of the molecule is CN1C(=O)c2ccccc2N(C)c2nc(Nc3ccc(C(=O)O)c(C(F)(F)F)c3)ncc21. The van der Waals surface area contributed by atoms with Gasteiger partial charge in [0.2, 0.25) is 5.95 Å². The Morgan fingerprint density at radius 3 is 2.47 bits per heavy atom. The molecule has 0 radical (unpaired) electrons. The fourth-order valence-electron chi connectivity index (χ4n) is 3.43. The van der Waals surface area contributed by atoms with E-state index in [0.29, 0.717) is 28.8 Å². The Labute approximate surface area is 179 Å². The number of nitrogens with one attached hydrogen (secondary N) is 1. The lowest BCUT2D eigenvalue weighted by molar-refractivity contribution is -0.138. The minimum absolute atomic E-state index is 0.0213. The Morgan fingerprint density at radius 2 is 1.78 bits per heavy atom. The Morgan fingerprint density at radius 1 is 1.06 bits per heavy atom. The summed E-state index contributed by atoms with van der Waals surface area (Å²) in [5.74, 6) is -1.60. The molecule has 0 saturated heterocycles. The average molecular weight is 443 g/mol. The van der Waals surface area contributed by atoms with Crippen molar-refractivity contribution in [3.63, 3.8) is 0 Å². The molecule has 8 nitrogen and oxygen atoms in total. The molecule has 1 aliphatic rings. The summed E-state index contributed by atoms with van der Waals surface area (Å²) >= 11 is 0. The van der Waals surface area contributed by atoms with Crippen LogP contribution in [-0.4, -0.2) is 41.0 Å². The third-order valence-electron chi connectivity index (χ3n) is 5.04. The lowest BCUT2D eigenvalue weighted by Crippen LogP contribution is -2.25. The predicted octanol–water partition coefficient (Wildman–Crippen LogP) is 4.30. The van der Waals surface area contributed by atoms with Crippen molar-refractivity contribution in [1.82, 2.24) is 9.97 Å². The summed E-state index contributed by atoms with van der Waals surface area (Å²) in [5.41, 5.74) is -0.703. The zero-order valence-corrected chi connectivity index (χ0v) is 16.8. The molecule has 0 bridgehead atoms. The van der Waals surface area contributed by atoms with Gasteiger partial charge >= 0.3 is 12.1 Å². The van der Waals surface area contributed by atoms with Crippen LogP contribution in [0.4, 0.5) is 42.0 Å². The van der Waals surface area contributed by atoms with Gasteiger partial charge < -0.3 is 20.2 Å². The highest BCUT2D eigenvalue weighted by molar-refractivity contribution is 6.13. The number of fused-ring (bicyclic) bond motifs is 2. The number of alkyl halides is 3. The number of aromatic nitrogens is 2. The van der Waals surface area contributed by atoms with Crippen LogP contribution >= 0.6 is 0 Å². The molecule has 32 heavy (non-hydrogen) atoms. The van der Waals surface area contributed by atoms with E-state index < -0.39 is 23.3 Å². The number of rotatable bonds is 3. The van der Waals surface area contributed by atoms with Crippen molar-refractivity contribution in [3.05, 3.63) is 65.4 Å². The van der Waals surface area contributed by atoms with E-state index in [9.17, 15) is 22.8 Å². The number of para-hydroxylation sites is 1. The van der Waals surface area contributed by atoms with Gasteiger partial charge in [-0.25, -0.2) is 9.78 Å². The summed E-state index contributed by atoms with van der Waals surface area (Å²) in [7, 11) is 3.29. The minimum atomic E-state index is -4.85. The lowest BCUT2D eigenvalue weighted by atomic mass is 10.1. The first kappa shape index (κ1) is 21.1. The highest BCUT2D eigenvalue weighted by Crippen LogP contribution is 2.38. The van der Waals surface area contributed by atoms with Crippen LogP contribution in [0.25, 0.3) is 0 Å². The smallest absolute Gasteiger partial charge is 0.417 e. The van der Waals surface area contributed by atoms with Crippen molar-refractivity contribution < 1.29 is 27.9 Å². The monoisotopic (exact) mass is 443 g/mol. The molecule has 11 heteroatoms. The van der Waals surface area contributed by atoms with Crippen molar-refractivity contribution in [2.75, 3.05) is 29.2 Å². The van der Waals surface area contributed by atoms with E-state index in [2.05, 4.69) is 15.3 Å². The first-order chi connectivity index (χ1) is 15.1. The van der Waals surface area contributed by atoms with Gasteiger partial charge in [0.25, 0.3) is 5.91 Å². The van der Waals surface area contributed by atoms with Gasteiger partial charge in [-0.1, -0.05) is 12.1 Å². The molecule has 164 valence electrons. The molecule has 0 aliphatic carbocycles. The molecule has 2 N–H and O–H groups in total. The van der Waals surface area contributed by atoms with Gasteiger partial charge in [0.1, 0.15) is 5.69 Å². The van der Waals surface area contributed by atoms with Crippen molar-refractivity contribution >= 4 is 40.7 Å². The van der Waals surface area contributed by atoms with Gasteiger partial charge in [-0.3, -0.25) is 4.79 Å². The molecule has 1 aromatic heterocycles. The third-order valence-corrected chi connectivity index (χ3v) is 5.04. The topological polar surface area (TPSA) is 98.7 Å². The Balaban J connectivity index is 1.75. The summed E-state index contributed by atoms with van der Waals surface area (Å²) in [4.78, 5) is 35.6. The van der Waals surface area contributed by atoms with Crippen LogP contribution in [0, 0.1) is 0 Å². The van der Waals surface area contributed by atoms with Crippen LogP contribution in [0.1, 0.15) is 26.3 Å². The number of carboxylic acid groups (broad SMARTS) is 1. The molecular formula is C21H16F3N5O3. The van der Waals surface area contributed by atoms with Crippen LogP contribution < -0.4 is 15.1 Å². The normalized spacial score (nSPS) is 13.3. The Hall–Kier alpha value is -4.15. The summed E-state index contributed by atoms with van der Waals surface area (Å²) in [6.07, 6.45) is -3.46. The maximum Gasteiger partial charge on any atom is 0.417 e. The van der Waals surface area contributed by atoms with Crippen LogP contribution in [0.3, 0.4) is 0 Å². The standard InChI is InChI=1S/C21H16F3N5O3/c1-28-15-6-4-3-5-13(15)18(30)29(2)16-10-25-20(27-17(16)28)26-11-7-8-12(19(31)32)14(9-11)21(22,23)24/h3-10H,1-2H3,(H,31,32)(H,25,26,27). The fourth-order valence-corrected chi connectivity index (χ4v) is 3.43. The number of anilines is 5. The van der Waals surface area contributed by atoms with E-state index >= 15 is 0 Å². The van der Waals surface area contributed by atoms with Gasteiger partial charge in [0, 0.05) is 19.8 Å². The fraction of sp³-hybridized carbons (Fsp3) is 0.143. The van der Waals surface area contributed by atoms with Gasteiger partial charge in [0.05, 0.1) is 28.6 Å². The summed E-state index contributed by atoms with van der Waals surface area (Å²) < 4.78 is 39.9. The molecule has 2 heterocycles. The molecule has 1 amide bonds. The van der Waals surface area contributed by atoms with Gasteiger partial charge in [-0.15, -0.1) is 0 Å². The van der Waals surface area contributed by atoms with E-state index in [4.69, 9.17) is 5.11 Å². The third kappa shape index (κ3) is 3.57. The van der Waals surface area contributed by atoms with Gasteiger partial charge in [-0.2, -0.15) is 18.2 Å². The molecule has 0 fully saturated rings. The van der Waals surface area contributed by atoms with Crippen LogP contribution in [0.5, 0.6) is 0 Å². The van der Waals surface area contributed by atoms with E-state index in [-0.39, 0.29) is 17.5 Å². The minimum Gasteiger partial charge on any atom is -0.478 e. The van der Waals surface area contributed by atoms with E-state index in [1.807, 2.05) is 0 Å². The maximum absolute atomic E-state index is 13.3. The second-order valence-corrected chi connectivity index (χ2v) is 7.03. The van der Waals surface area contributed by atoms with Crippen LogP contribution in [-0.2, 0) is 6.18 Å². The summed E-state index contributed by atoms with van der Waals surface area (Å²) in [6.45, 7) is 0. The van der Waals surface area contributed by atoms with Crippen LogP contribution in [0.15, 0.2) is 48.7 Å². The Bertz CT molecular complexity index is 1250. The van der Waals surface area contributed by atoms with Crippen molar-refractivity contribution in [2.24, 2.45) is 0 Å². The van der Waals surface area contributed by atoms with E-state index in [1.165, 1.54) is 17.2 Å². The second-order valence-electron chi connectivity index (χ2n) is 7.03. The quantitative estimate of drug-likeness (QED) is 0.623. The zero-order chi connectivity index (χ0) is 23.2. The van der Waals surface area contributed by atoms with Crippen molar-refractivity contribution in [3.8, 4) is 0 Å². The number of hydrogen-bond acceptors (Lipinski definition) is 6. The zero-order valence-electron chi connectivity index (χ0n) is 16.8. The van der Waals surface area contributed by atoms with E-state index in [1.54, 1.807) is 43.3 Å². The number of nitrogens with zero attached hydrogens (tertiary/aromatic N) is 4. The molecule has 0 atom stereocenters. The van der Waals surface area contributed by atoms with Crippen LogP contribution in [0.2, 0.25) is 0 Å².